The molecular formula is C14H12N2. The summed E-state index contributed by atoms with van der Waals surface area (Å²) in [6.07, 6.45) is 3.96. The van der Waals surface area contributed by atoms with Gasteiger partial charge >= 0.3 is 0 Å². The van der Waals surface area contributed by atoms with Crippen LogP contribution in [0.3, 0.4) is 0 Å². The van der Waals surface area contributed by atoms with Gasteiger partial charge in [0.1, 0.15) is 0 Å². The van der Waals surface area contributed by atoms with Gasteiger partial charge in [0.2, 0.25) is 0 Å². The van der Waals surface area contributed by atoms with Crippen molar-refractivity contribution in [3.05, 3.63) is 54.5 Å². The number of aryl methyl sites for hydroxylation is 1. The number of hydrogen-bond donors (Lipinski definition) is 1. The number of hydrogen-bond acceptors (Lipinski definition) is 1. The molecule has 0 aliphatic heterocycles. The van der Waals surface area contributed by atoms with Crippen LogP contribution in [0, 0.1) is 6.92 Å². The number of nitrogens with zero attached hydrogens (tertiary/aromatic N) is 1. The molecule has 1 aromatic carbocycles. The van der Waals surface area contributed by atoms with E-state index in [0.717, 1.165) is 16.8 Å². The van der Waals surface area contributed by atoms with Crippen molar-refractivity contribution in [2.24, 2.45) is 0 Å². The quantitative estimate of drug-likeness (QED) is 0.651. The van der Waals surface area contributed by atoms with Crippen molar-refractivity contribution >= 4 is 10.9 Å². The third kappa shape index (κ3) is 1.39. The minimum absolute atomic E-state index is 1.04. The highest BCUT2D eigenvalue weighted by Gasteiger charge is 2.04. The van der Waals surface area contributed by atoms with Gasteiger partial charge in [-0.2, -0.15) is 0 Å². The molecule has 78 valence electrons. The summed E-state index contributed by atoms with van der Waals surface area (Å²) in [4.78, 5) is 7.60. The number of aromatic nitrogens is 2. The highest BCUT2D eigenvalue weighted by molar-refractivity contribution is 5.95. The minimum Gasteiger partial charge on any atom is -0.361 e. The molecule has 3 rings (SSSR count). The second-order valence-electron chi connectivity index (χ2n) is 3.94. The van der Waals surface area contributed by atoms with Crippen molar-refractivity contribution in [3.8, 4) is 11.1 Å². The topological polar surface area (TPSA) is 28.7 Å². The number of H-pyrrole nitrogens is 1. The summed E-state index contributed by atoms with van der Waals surface area (Å²) in [6.45, 7) is 2.00. The molecule has 0 fully saturated rings. The van der Waals surface area contributed by atoms with E-state index in [0.29, 0.717) is 0 Å². The lowest BCUT2D eigenvalue weighted by Gasteiger charge is -1.99. The Hall–Kier alpha value is -2.09. The van der Waals surface area contributed by atoms with Gasteiger partial charge in [0.05, 0.1) is 0 Å². The van der Waals surface area contributed by atoms with Crippen LogP contribution < -0.4 is 0 Å². The van der Waals surface area contributed by atoms with E-state index in [9.17, 15) is 0 Å². The number of fused-ring (bicyclic) bond motifs is 1. The van der Waals surface area contributed by atoms with Gasteiger partial charge in [0.25, 0.3) is 0 Å². The van der Waals surface area contributed by atoms with Crippen LogP contribution >= 0.6 is 0 Å². The first-order chi connectivity index (χ1) is 7.84. The summed E-state index contributed by atoms with van der Waals surface area (Å²) >= 11 is 0. The van der Waals surface area contributed by atoms with E-state index >= 15 is 0 Å². The molecule has 0 atom stereocenters. The monoisotopic (exact) mass is 208 g/mol. The first kappa shape index (κ1) is 9.16. The average Bonchev–Trinajstić information content (AvgIpc) is 2.74. The van der Waals surface area contributed by atoms with Gasteiger partial charge in [-0.05, 0) is 19.1 Å². The fraction of sp³-hybridized carbons (Fsp3) is 0.0714. The molecule has 0 spiro atoms. The summed E-state index contributed by atoms with van der Waals surface area (Å²) in [7, 11) is 0. The van der Waals surface area contributed by atoms with Crippen molar-refractivity contribution in [1.29, 1.82) is 0 Å². The van der Waals surface area contributed by atoms with Gasteiger partial charge < -0.3 is 4.98 Å². The fourth-order valence-corrected chi connectivity index (χ4v) is 1.94. The molecule has 3 aromatic rings. The second-order valence-corrected chi connectivity index (χ2v) is 3.94. The summed E-state index contributed by atoms with van der Waals surface area (Å²) < 4.78 is 0. The molecule has 2 aromatic heterocycles. The van der Waals surface area contributed by atoms with E-state index in [1.165, 1.54) is 10.9 Å². The Labute approximate surface area is 94.0 Å². The maximum atomic E-state index is 4.33. The molecule has 2 heteroatoms. The average molecular weight is 208 g/mol. The molecule has 0 aliphatic rings. The minimum atomic E-state index is 1.04. The predicted octanol–water partition coefficient (Wildman–Crippen LogP) is 3.54. The molecule has 0 aliphatic carbocycles. The van der Waals surface area contributed by atoms with Crippen LogP contribution in [-0.4, -0.2) is 9.97 Å². The van der Waals surface area contributed by atoms with Gasteiger partial charge in [-0.1, -0.05) is 24.3 Å². The van der Waals surface area contributed by atoms with Crippen LogP contribution in [-0.2, 0) is 0 Å². The zero-order chi connectivity index (χ0) is 11.0. The highest BCUT2D eigenvalue weighted by atomic mass is 14.7. The summed E-state index contributed by atoms with van der Waals surface area (Å²) in [5.74, 6) is 0. The van der Waals surface area contributed by atoms with E-state index < -0.39 is 0 Å². The van der Waals surface area contributed by atoms with Gasteiger partial charge in [0.15, 0.2) is 0 Å². The molecule has 1 N–H and O–H groups in total. The Bertz CT molecular complexity index is 621. The lowest BCUT2D eigenvalue weighted by Crippen LogP contribution is -1.81. The number of rotatable bonds is 1. The zero-order valence-corrected chi connectivity index (χ0v) is 9.07. The molecule has 0 saturated heterocycles. The Kier molecular flexibility index (Phi) is 2.00. The Morgan fingerprint density at radius 2 is 1.94 bits per heavy atom. The molecule has 0 saturated carbocycles. The van der Waals surface area contributed by atoms with E-state index in [1.54, 1.807) is 0 Å². The SMILES string of the molecule is Cc1ccc(-c2c[nH]c3ccccc23)cn1. The van der Waals surface area contributed by atoms with Crippen molar-refractivity contribution in [3.63, 3.8) is 0 Å². The van der Waals surface area contributed by atoms with Crippen molar-refractivity contribution < 1.29 is 0 Å². The third-order valence-corrected chi connectivity index (χ3v) is 2.81. The molecule has 16 heavy (non-hydrogen) atoms. The first-order valence-electron chi connectivity index (χ1n) is 5.34. The summed E-state index contributed by atoms with van der Waals surface area (Å²) in [5, 5.41) is 1.24. The second kappa shape index (κ2) is 3.49. The van der Waals surface area contributed by atoms with Gasteiger partial charge in [-0.25, -0.2) is 0 Å². The maximum Gasteiger partial charge on any atom is 0.0460 e. The van der Waals surface area contributed by atoms with Gasteiger partial charge in [-0.15, -0.1) is 0 Å². The summed E-state index contributed by atoms with van der Waals surface area (Å²) in [6, 6.07) is 12.5. The van der Waals surface area contributed by atoms with Crippen LogP contribution in [0.1, 0.15) is 5.69 Å². The number of aromatic amines is 1. The predicted molar refractivity (Wildman–Crippen MR) is 66.3 cm³/mol. The largest absolute Gasteiger partial charge is 0.361 e. The van der Waals surface area contributed by atoms with Crippen molar-refractivity contribution in [2.45, 2.75) is 6.92 Å². The number of nitrogens with one attached hydrogen (secondary N) is 1. The number of para-hydroxylation sites is 1. The Morgan fingerprint density at radius 1 is 1.06 bits per heavy atom. The molecule has 0 unspecified atom stereocenters. The van der Waals surface area contributed by atoms with E-state index in [-0.39, 0.29) is 0 Å². The van der Waals surface area contributed by atoms with Crippen molar-refractivity contribution in [2.75, 3.05) is 0 Å². The molecule has 0 radical (unpaired) electrons. The molecule has 0 amide bonds. The van der Waals surface area contributed by atoms with E-state index in [2.05, 4.69) is 34.2 Å². The van der Waals surface area contributed by atoms with Crippen LogP contribution in [0.15, 0.2) is 48.8 Å². The van der Waals surface area contributed by atoms with E-state index in [4.69, 9.17) is 0 Å². The van der Waals surface area contributed by atoms with Gasteiger partial charge in [0, 0.05) is 40.1 Å². The lowest BCUT2D eigenvalue weighted by atomic mass is 10.1. The summed E-state index contributed by atoms with van der Waals surface area (Å²) in [5.41, 5.74) is 4.58. The maximum absolute atomic E-state index is 4.33. The first-order valence-corrected chi connectivity index (χ1v) is 5.34. The number of benzene rings is 1. The molecule has 0 bridgehead atoms. The Morgan fingerprint density at radius 3 is 2.75 bits per heavy atom. The van der Waals surface area contributed by atoms with Crippen LogP contribution in [0.2, 0.25) is 0 Å². The molecule has 2 heterocycles. The number of pyridine rings is 1. The third-order valence-electron chi connectivity index (χ3n) is 2.81. The molecular weight excluding hydrogens is 196 g/mol. The van der Waals surface area contributed by atoms with Crippen LogP contribution in [0.4, 0.5) is 0 Å². The Balaban J connectivity index is 2.22. The lowest BCUT2D eigenvalue weighted by molar-refractivity contribution is 1.20. The van der Waals surface area contributed by atoms with Crippen LogP contribution in [0.5, 0.6) is 0 Å². The van der Waals surface area contributed by atoms with Crippen molar-refractivity contribution in [1.82, 2.24) is 9.97 Å². The van der Waals surface area contributed by atoms with Gasteiger partial charge in [-0.3, -0.25) is 4.98 Å². The fourth-order valence-electron chi connectivity index (χ4n) is 1.94. The smallest absolute Gasteiger partial charge is 0.0460 e. The van der Waals surface area contributed by atoms with Crippen LogP contribution in [0.25, 0.3) is 22.0 Å². The highest BCUT2D eigenvalue weighted by Crippen LogP contribution is 2.27. The molecule has 2 nitrogen and oxygen atoms in total. The van der Waals surface area contributed by atoms with E-state index in [1.807, 2.05) is 31.5 Å². The standard InChI is InChI=1S/C14H12N2/c1-10-6-7-11(8-15-10)13-9-16-14-5-3-2-4-12(13)14/h2-9,16H,1H3. The normalized spacial score (nSPS) is 10.8. The zero-order valence-electron chi connectivity index (χ0n) is 9.07.